The van der Waals surface area contributed by atoms with Crippen molar-refractivity contribution in [3.05, 3.63) is 0 Å². The minimum atomic E-state index is -3.21. The summed E-state index contributed by atoms with van der Waals surface area (Å²) in [6.45, 7) is -3.55. The lowest BCUT2D eigenvalue weighted by Crippen LogP contribution is -2.84. The molecule has 3 aliphatic rings. The summed E-state index contributed by atoms with van der Waals surface area (Å²) in [5.74, 6) is -2.77. The van der Waals surface area contributed by atoms with Gasteiger partial charge in [-0.15, -0.1) is 0 Å². The second-order valence-electron chi connectivity index (χ2n) is 9.35. The number of ether oxygens (including phenoxy) is 4. The molecule has 17 heteroatoms. The number of carbonyl (C=O) groups is 2. The fourth-order valence-electron chi connectivity index (χ4n) is 4.89. The van der Waals surface area contributed by atoms with Crippen molar-refractivity contribution in [2.24, 2.45) is 0 Å². The molecular formula is C20H32O17. The highest BCUT2D eigenvalue weighted by atomic mass is 16.6. The van der Waals surface area contributed by atoms with E-state index in [9.17, 15) is 60.7 Å². The van der Waals surface area contributed by atoms with E-state index in [1.165, 1.54) is 0 Å². The number of aliphatic hydroxyl groups is 10. The van der Waals surface area contributed by atoms with Crippen LogP contribution in [-0.2, 0) is 28.5 Å². The van der Waals surface area contributed by atoms with E-state index < -0.39 is 123 Å². The first-order chi connectivity index (χ1) is 17.2. The number of aliphatic carboxylic acids is 1. The molecule has 13 atom stereocenters. The van der Waals surface area contributed by atoms with Crippen molar-refractivity contribution >= 4 is 11.9 Å². The second kappa shape index (κ2) is 11.3. The van der Waals surface area contributed by atoms with E-state index in [0.29, 0.717) is 0 Å². The van der Waals surface area contributed by atoms with Gasteiger partial charge < -0.3 is 75.1 Å². The molecule has 3 heterocycles. The Morgan fingerprint density at radius 2 is 1.46 bits per heavy atom. The fourth-order valence-corrected chi connectivity index (χ4v) is 4.89. The highest BCUT2D eigenvalue weighted by Crippen LogP contribution is 2.46. The van der Waals surface area contributed by atoms with Gasteiger partial charge in [0.1, 0.15) is 80.2 Å². The van der Waals surface area contributed by atoms with Crippen LogP contribution in [0.4, 0.5) is 0 Å². The van der Waals surface area contributed by atoms with Crippen LogP contribution in [0.3, 0.4) is 0 Å². The third-order valence-corrected chi connectivity index (χ3v) is 7.02. The third kappa shape index (κ3) is 5.20. The maximum Gasteiger partial charge on any atom is 0.317 e. The highest BCUT2D eigenvalue weighted by Gasteiger charge is 2.72. The lowest BCUT2D eigenvalue weighted by Gasteiger charge is -2.60. The van der Waals surface area contributed by atoms with Crippen molar-refractivity contribution in [2.45, 2.75) is 84.8 Å². The van der Waals surface area contributed by atoms with Gasteiger partial charge in [0.05, 0.1) is 19.8 Å². The molecule has 37 heavy (non-hydrogen) atoms. The molecule has 0 unspecified atom stereocenters. The smallest absolute Gasteiger partial charge is 0.317 e. The molecule has 0 spiro atoms. The molecule has 17 nitrogen and oxygen atoms in total. The molecule has 0 aromatic heterocycles. The van der Waals surface area contributed by atoms with Crippen molar-refractivity contribution in [1.82, 2.24) is 0 Å². The van der Waals surface area contributed by atoms with Crippen LogP contribution in [0.2, 0.25) is 0 Å². The van der Waals surface area contributed by atoms with Crippen LogP contribution < -0.4 is 0 Å². The van der Waals surface area contributed by atoms with Gasteiger partial charge >= 0.3 is 11.9 Å². The summed E-state index contributed by atoms with van der Waals surface area (Å²) in [4.78, 5) is 22.3. The summed E-state index contributed by atoms with van der Waals surface area (Å²) in [7, 11) is 0. The van der Waals surface area contributed by atoms with Gasteiger partial charge in [0, 0.05) is 0 Å². The van der Waals surface area contributed by atoms with Crippen molar-refractivity contribution in [3.8, 4) is 0 Å². The number of esters is 1. The van der Waals surface area contributed by atoms with E-state index in [-0.39, 0.29) is 0 Å². The molecule has 3 aliphatic heterocycles. The number of hydrogen-bond acceptors (Lipinski definition) is 16. The molecule has 11 N–H and O–H groups in total. The van der Waals surface area contributed by atoms with Crippen LogP contribution in [0.15, 0.2) is 0 Å². The summed E-state index contributed by atoms with van der Waals surface area (Å²) in [5.41, 5.74) is -6.20. The van der Waals surface area contributed by atoms with Gasteiger partial charge in [-0.25, -0.2) is 0 Å². The Bertz CT molecular complexity index is 825. The molecule has 0 radical (unpaired) electrons. The molecule has 0 bridgehead atoms. The summed E-state index contributed by atoms with van der Waals surface area (Å²) >= 11 is 0. The lowest BCUT2D eigenvalue weighted by atomic mass is 9.64. The number of carboxylic acid groups (broad SMARTS) is 1. The zero-order valence-electron chi connectivity index (χ0n) is 19.3. The van der Waals surface area contributed by atoms with Crippen LogP contribution in [0.1, 0.15) is 6.42 Å². The van der Waals surface area contributed by atoms with E-state index in [0.717, 1.165) is 0 Å². The molecule has 0 amide bonds. The van der Waals surface area contributed by atoms with E-state index >= 15 is 0 Å². The minimum absolute atomic E-state index is 0.664. The largest absolute Gasteiger partial charge is 0.481 e. The van der Waals surface area contributed by atoms with Gasteiger partial charge in [-0.1, -0.05) is 0 Å². The number of rotatable bonds is 7. The second-order valence-corrected chi connectivity index (χ2v) is 9.35. The minimum Gasteiger partial charge on any atom is -0.481 e. The van der Waals surface area contributed by atoms with Gasteiger partial charge in [0.25, 0.3) is 0 Å². The van der Waals surface area contributed by atoms with Crippen LogP contribution in [0.25, 0.3) is 0 Å². The maximum atomic E-state index is 11.9. The van der Waals surface area contributed by atoms with Crippen LogP contribution in [0, 0.1) is 0 Å². The topological polar surface area (TPSA) is 294 Å². The van der Waals surface area contributed by atoms with Crippen molar-refractivity contribution in [2.75, 3.05) is 26.4 Å². The predicted molar refractivity (Wildman–Crippen MR) is 110 cm³/mol. The summed E-state index contributed by atoms with van der Waals surface area (Å²) in [6, 6.07) is 0. The molecule has 3 rings (SSSR count). The Labute approximate surface area is 208 Å². The van der Waals surface area contributed by atoms with Gasteiger partial charge in [-0.3, -0.25) is 9.59 Å². The Morgan fingerprint density at radius 3 is 2.05 bits per heavy atom. The number of hydrogen-bond donors (Lipinski definition) is 11. The molecule has 214 valence electrons. The van der Waals surface area contributed by atoms with Crippen LogP contribution >= 0.6 is 0 Å². The Morgan fingerprint density at radius 1 is 0.838 bits per heavy atom. The maximum absolute atomic E-state index is 11.9. The van der Waals surface area contributed by atoms with Gasteiger partial charge in [0.2, 0.25) is 0 Å². The van der Waals surface area contributed by atoms with E-state index in [1.54, 1.807) is 0 Å². The van der Waals surface area contributed by atoms with Crippen molar-refractivity contribution in [1.29, 1.82) is 0 Å². The normalized spacial score (nSPS) is 48.9. The standard InChI is InChI=1S/C20H32O17/c21-2-7-12(27)13(28)15(30)18(37-7)20(33)16(31)8(4-34-10(25)1-9(23)24)36-5-19(20,32)17-14(29)11(26)6(22)3-35-17/h6-8,11-18,21-22,26-33H,1-5H2,(H,23,24)/t6-,7+,8-,11+,12+,13-,14-,15+,16-,17-,18+,19-,20-/m1/s1. The Hall–Kier alpha value is -1.58. The number of carboxylic acids is 1. The first-order valence-corrected chi connectivity index (χ1v) is 11.3. The molecule has 0 aromatic carbocycles. The first-order valence-electron chi connectivity index (χ1n) is 11.3. The third-order valence-electron chi connectivity index (χ3n) is 7.02. The summed E-state index contributed by atoms with van der Waals surface area (Å²) < 4.78 is 20.7. The zero-order chi connectivity index (χ0) is 27.9. The molecule has 3 fully saturated rings. The average Bonchev–Trinajstić information content (AvgIpc) is 2.84. The molecule has 0 aliphatic carbocycles. The summed E-state index contributed by atoms with van der Waals surface area (Å²) in [5, 5.41) is 114. The number of aliphatic hydroxyl groups excluding tert-OH is 8. The van der Waals surface area contributed by atoms with E-state index in [1.807, 2.05) is 0 Å². The monoisotopic (exact) mass is 544 g/mol. The highest BCUT2D eigenvalue weighted by molar-refractivity contribution is 5.90. The Kier molecular flexibility index (Phi) is 9.12. The van der Waals surface area contributed by atoms with Gasteiger partial charge in [-0.05, 0) is 0 Å². The number of carbonyl (C=O) groups excluding carboxylic acids is 1. The molecule has 0 aromatic rings. The van der Waals surface area contributed by atoms with Crippen LogP contribution in [-0.4, -0.2) is 173 Å². The molecule has 3 saturated heterocycles. The quantitative estimate of drug-likeness (QED) is 0.105. The average molecular weight is 544 g/mol. The van der Waals surface area contributed by atoms with E-state index in [4.69, 9.17) is 24.1 Å². The van der Waals surface area contributed by atoms with Gasteiger partial charge in [-0.2, -0.15) is 0 Å². The zero-order valence-corrected chi connectivity index (χ0v) is 19.3. The first kappa shape index (κ1) is 30.0. The fraction of sp³-hybridized carbons (Fsp3) is 0.900. The van der Waals surface area contributed by atoms with Gasteiger partial charge in [0.15, 0.2) is 11.2 Å². The SMILES string of the molecule is O=C(O)CC(=O)OC[C@H]1OC[C@@](O)([C@@H]2OC[C@@H](O)[C@H](O)[C@H]2O)[C@](O)([C@H]2O[C@@H](CO)[C@H](O)[C@@H](O)[C@@H]2O)[C@@H]1O. The Balaban J connectivity index is 2.01. The molecular weight excluding hydrogens is 512 g/mol. The summed E-state index contributed by atoms with van der Waals surface area (Å²) in [6.07, 6.45) is -22.9. The lowest BCUT2D eigenvalue weighted by molar-refractivity contribution is -0.386. The van der Waals surface area contributed by atoms with Crippen molar-refractivity contribution in [3.63, 3.8) is 0 Å². The van der Waals surface area contributed by atoms with E-state index in [2.05, 4.69) is 0 Å². The predicted octanol–water partition coefficient (Wildman–Crippen LogP) is -7.45. The molecule has 0 saturated carbocycles. The van der Waals surface area contributed by atoms with Crippen LogP contribution in [0.5, 0.6) is 0 Å². The van der Waals surface area contributed by atoms with Crippen molar-refractivity contribution < 1.29 is 84.7 Å².